The van der Waals surface area contributed by atoms with Crippen molar-refractivity contribution >= 4 is 5.69 Å². The van der Waals surface area contributed by atoms with Crippen LogP contribution >= 0.6 is 0 Å². The van der Waals surface area contributed by atoms with Gasteiger partial charge in [-0.25, -0.2) is 0 Å². The number of phenolic OH excluding ortho intramolecular Hbond substituents is 1. The van der Waals surface area contributed by atoms with E-state index in [4.69, 9.17) is 5.26 Å². The Kier molecular flexibility index (Phi) is 4.43. The number of unbranched alkanes of at least 4 members (excludes halogenated alkanes) is 1. The maximum Gasteiger partial charge on any atom is 0.115 e. The van der Waals surface area contributed by atoms with Crippen LogP contribution in [0.15, 0.2) is 24.3 Å². The molecule has 1 aromatic rings. The van der Waals surface area contributed by atoms with Crippen molar-refractivity contribution in [3.8, 4) is 11.8 Å². The Balaban J connectivity index is 1.79. The SMILES string of the molecule is N#CCCCN1CCN(c2ccc(O)cc2)CC1. The fourth-order valence-corrected chi connectivity index (χ4v) is 2.27. The standard InChI is InChI=1S/C14H19N3O/c15-7-1-2-8-16-9-11-17(12-10-16)13-3-5-14(18)6-4-13/h3-6,18H,1-2,8-12H2. The first-order chi connectivity index (χ1) is 8.79. The van der Waals surface area contributed by atoms with Gasteiger partial charge >= 0.3 is 0 Å². The van der Waals surface area contributed by atoms with Crippen LogP contribution in [0.2, 0.25) is 0 Å². The van der Waals surface area contributed by atoms with E-state index >= 15 is 0 Å². The number of benzene rings is 1. The van der Waals surface area contributed by atoms with Gasteiger partial charge in [0.2, 0.25) is 0 Å². The molecular weight excluding hydrogens is 226 g/mol. The highest BCUT2D eigenvalue weighted by Crippen LogP contribution is 2.19. The first-order valence-corrected chi connectivity index (χ1v) is 6.43. The Morgan fingerprint density at radius 2 is 1.78 bits per heavy atom. The average molecular weight is 245 g/mol. The van der Waals surface area contributed by atoms with E-state index < -0.39 is 0 Å². The van der Waals surface area contributed by atoms with E-state index in [0.29, 0.717) is 12.2 Å². The van der Waals surface area contributed by atoms with E-state index in [-0.39, 0.29) is 0 Å². The summed E-state index contributed by atoms with van der Waals surface area (Å²) in [5.74, 6) is 0.314. The maximum absolute atomic E-state index is 9.26. The summed E-state index contributed by atoms with van der Waals surface area (Å²) in [5, 5.41) is 17.8. The molecule has 4 heteroatoms. The number of hydrogen-bond donors (Lipinski definition) is 1. The van der Waals surface area contributed by atoms with Crippen LogP contribution < -0.4 is 4.90 Å². The Bertz CT molecular complexity index is 402. The predicted molar refractivity (Wildman–Crippen MR) is 71.6 cm³/mol. The van der Waals surface area contributed by atoms with Crippen LogP contribution in [0.1, 0.15) is 12.8 Å². The van der Waals surface area contributed by atoms with Crippen molar-refractivity contribution < 1.29 is 5.11 Å². The molecule has 1 aliphatic heterocycles. The van der Waals surface area contributed by atoms with Crippen LogP contribution in [0.4, 0.5) is 5.69 Å². The van der Waals surface area contributed by atoms with Gasteiger partial charge in [0.1, 0.15) is 5.75 Å². The van der Waals surface area contributed by atoms with Crippen LogP contribution in [0.3, 0.4) is 0 Å². The minimum atomic E-state index is 0.314. The number of hydrogen-bond acceptors (Lipinski definition) is 4. The van der Waals surface area contributed by atoms with Crippen LogP contribution in [0, 0.1) is 11.3 Å². The lowest BCUT2D eigenvalue weighted by molar-refractivity contribution is 0.256. The van der Waals surface area contributed by atoms with Gasteiger partial charge in [0, 0.05) is 38.3 Å². The van der Waals surface area contributed by atoms with Gasteiger partial charge in [0.05, 0.1) is 6.07 Å². The molecule has 0 amide bonds. The normalized spacial score (nSPS) is 16.5. The minimum Gasteiger partial charge on any atom is -0.508 e. The van der Waals surface area contributed by atoms with Gasteiger partial charge in [-0.05, 0) is 37.2 Å². The van der Waals surface area contributed by atoms with Gasteiger partial charge < -0.3 is 10.0 Å². The van der Waals surface area contributed by atoms with Crippen LogP contribution in [0.25, 0.3) is 0 Å². The van der Waals surface area contributed by atoms with E-state index in [1.54, 1.807) is 12.1 Å². The summed E-state index contributed by atoms with van der Waals surface area (Å²) in [7, 11) is 0. The molecule has 0 aromatic heterocycles. The van der Waals surface area contributed by atoms with Gasteiger partial charge in [-0.15, -0.1) is 0 Å². The molecule has 1 aliphatic rings. The van der Waals surface area contributed by atoms with Crippen molar-refractivity contribution in [2.24, 2.45) is 0 Å². The zero-order valence-electron chi connectivity index (χ0n) is 10.5. The molecule has 96 valence electrons. The monoisotopic (exact) mass is 245 g/mol. The molecule has 0 atom stereocenters. The number of nitriles is 1. The first-order valence-electron chi connectivity index (χ1n) is 6.43. The van der Waals surface area contributed by atoms with Gasteiger partial charge in [0.25, 0.3) is 0 Å². The summed E-state index contributed by atoms with van der Waals surface area (Å²) in [6.07, 6.45) is 1.62. The van der Waals surface area contributed by atoms with E-state index in [0.717, 1.165) is 39.1 Å². The van der Waals surface area contributed by atoms with E-state index in [1.165, 1.54) is 5.69 Å². The summed E-state index contributed by atoms with van der Waals surface area (Å²) in [5.41, 5.74) is 1.17. The second kappa shape index (κ2) is 6.27. The Hall–Kier alpha value is -1.73. The second-order valence-corrected chi connectivity index (χ2v) is 4.61. The molecule has 0 bridgehead atoms. The summed E-state index contributed by atoms with van der Waals surface area (Å²) >= 11 is 0. The third kappa shape index (κ3) is 3.38. The molecule has 1 aromatic carbocycles. The van der Waals surface area contributed by atoms with Crippen LogP contribution in [0.5, 0.6) is 5.75 Å². The third-order valence-electron chi connectivity index (χ3n) is 3.35. The van der Waals surface area contributed by atoms with Gasteiger partial charge in [-0.1, -0.05) is 0 Å². The molecule has 1 N–H and O–H groups in total. The fourth-order valence-electron chi connectivity index (χ4n) is 2.27. The molecule has 4 nitrogen and oxygen atoms in total. The Labute approximate surface area is 108 Å². The molecular formula is C14H19N3O. The molecule has 0 unspecified atom stereocenters. The van der Waals surface area contributed by atoms with Crippen molar-refractivity contribution in [2.75, 3.05) is 37.6 Å². The average Bonchev–Trinajstić information content (AvgIpc) is 2.41. The van der Waals surface area contributed by atoms with Crippen LogP contribution in [-0.4, -0.2) is 42.7 Å². The third-order valence-corrected chi connectivity index (χ3v) is 3.35. The van der Waals surface area contributed by atoms with Crippen molar-refractivity contribution in [1.29, 1.82) is 5.26 Å². The van der Waals surface area contributed by atoms with E-state index in [9.17, 15) is 5.11 Å². The highest BCUT2D eigenvalue weighted by atomic mass is 16.3. The highest BCUT2D eigenvalue weighted by molar-refractivity contribution is 5.49. The molecule has 1 saturated heterocycles. The van der Waals surface area contributed by atoms with Gasteiger partial charge in [-0.3, -0.25) is 4.90 Å². The summed E-state index contributed by atoms with van der Waals surface area (Å²) < 4.78 is 0. The fraction of sp³-hybridized carbons (Fsp3) is 0.500. The quantitative estimate of drug-likeness (QED) is 0.822. The number of rotatable bonds is 4. The molecule has 0 spiro atoms. The van der Waals surface area contributed by atoms with E-state index in [1.807, 2.05) is 12.1 Å². The molecule has 1 fully saturated rings. The lowest BCUT2D eigenvalue weighted by Crippen LogP contribution is -2.46. The zero-order chi connectivity index (χ0) is 12.8. The minimum absolute atomic E-state index is 0.314. The number of piperazine rings is 1. The molecule has 0 aliphatic carbocycles. The maximum atomic E-state index is 9.26. The van der Waals surface area contributed by atoms with Crippen molar-refractivity contribution in [2.45, 2.75) is 12.8 Å². The number of anilines is 1. The molecule has 0 saturated carbocycles. The molecule has 0 radical (unpaired) electrons. The topological polar surface area (TPSA) is 50.5 Å². The van der Waals surface area contributed by atoms with Crippen molar-refractivity contribution in [3.05, 3.63) is 24.3 Å². The van der Waals surface area contributed by atoms with Crippen molar-refractivity contribution in [3.63, 3.8) is 0 Å². The molecule has 1 heterocycles. The van der Waals surface area contributed by atoms with E-state index in [2.05, 4.69) is 15.9 Å². The predicted octanol–water partition coefficient (Wildman–Crippen LogP) is 1.82. The Morgan fingerprint density at radius 1 is 1.11 bits per heavy atom. The lowest BCUT2D eigenvalue weighted by atomic mass is 10.2. The number of phenols is 1. The lowest BCUT2D eigenvalue weighted by Gasteiger charge is -2.36. The summed E-state index contributed by atoms with van der Waals surface area (Å²) in [6, 6.07) is 9.57. The number of nitrogens with zero attached hydrogens (tertiary/aromatic N) is 3. The van der Waals surface area contributed by atoms with Crippen LogP contribution in [-0.2, 0) is 0 Å². The molecule has 2 rings (SSSR count). The zero-order valence-corrected chi connectivity index (χ0v) is 10.5. The number of aromatic hydroxyl groups is 1. The summed E-state index contributed by atoms with van der Waals surface area (Å²) in [6.45, 7) is 5.14. The highest BCUT2D eigenvalue weighted by Gasteiger charge is 2.16. The molecule has 18 heavy (non-hydrogen) atoms. The van der Waals surface area contributed by atoms with Crippen molar-refractivity contribution in [1.82, 2.24) is 4.90 Å². The summed E-state index contributed by atoms with van der Waals surface area (Å²) in [4.78, 5) is 4.74. The smallest absolute Gasteiger partial charge is 0.115 e. The Morgan fingerprint density at radius 3 is 2.39 bits per heavy atom. The second-order valence-electron chi connectivity index (χ2n) is 4.61. The largest absolute Gasteiger partial charge is 0.508 e. The van der Waals surface area contributed by atoms with Gasteiger partial charge in [-0.2, -0.15) is 5.26 Å². The first kappa shape index (κ1) is 12.7. The van der Waals surface area contributed by atoms with Gasteiger partial charge in [0.15, 0.2) is 0 Å².